The second-order valence-corrected chi connectivity index (χ2v) is 9.11. The Labute approximate surface area is 180 Å². The van der Waals surface area contributed by atoms with Crippen molar-refractivity contribution in [2.24, 2.45) is 0 Å². The maximum absolute atomic E-state index is 12.6. The highest BCUT2D eigenvalue weighted by Gasteiger charge is 2.34. The monoisotopic (exact) mass is 467 g/mol. The number of aromatic nitrogens is 1. The molecular weight excluding hydrogens is 450 g/mol. The van der Waals surface area contributed by atoms with E-state index in [0.29, 0.717) is 17.9 Å². The van der Waals surface area contributed by atoms with Gasteiger partial charge in [-0.15, -0.1) is 11.8 Å². The summed E-state index contributed by atoms with van der Waals surface area (Å²) in [6.07, 6.45) is 1.71. The summed E-state index contributed by atoms with van der Waals surface area (Å²) in [5.74, 6) is 0.655. The maximum Gasteiger partial charge on any atom is 0.271 e. The third-order valence-corrected chi connectivity index (χ3v) is 7.14. The SMILES string of the molecule is Cc1c2n(ccc1=O)N(C1c3ccc(Br)cc3CSc3ccccc31)CNC2=O. The van der Waals surface area contributed by atoms with Gasteiger partial charge < -0.3 is 5.32 Å². The van der Waals surface area contributed by atoms with Gasteiger partial charge in [-0.3, -0.25) is 19.3 Å². The molecule has 5 rings (SSSR count). The lowest BCUT2D eigenvalue weighted by Crippen LogP contribution is -2.54. The van der Waals surface area contributed by atoms with Gasteiger partial charge in [0.1, 0.15) is 12.4 Å². The molecule has 0 saturated heterocycles. The lowest BCUT2D eigenvalue weighted by Gasteiger charge is -2.40. The molecule has 0 saturated carbocycles. The predicted octanol–water partition coefficient (Wildman–Crippen LogP) is 3.95. The zero-order valence-electron chi connectivity index (χ0n) is 15.7. The minimum atomic E-state index is -0.219. The summed E-state index contributed by atoms with van der Waals surface area (Å²) in [6, 6.07) is 16.2. The van der Waals surface area contributed by atoms with Crippen LogP contribution in [0.1, 0.15) is 38.8 Å². The molecule has 1 aromatic heterocycles. The first-order chi connectivity index (χ1) is 14.0. The first-order valence-electron chi connectivity index (χ1n) is 9.32. The van der Waals surface area contributed by atoms with Crippen LogP contribution in [0, 0.1) is 6.92 Å². The van der Waals surface area contributed by atoms with E-state index >= 15 is 0 Å². The number of benzene rings is 2. The number of carbonyl (C=O) groups is 1. The van der Waals surface area contributed by atoms with Gasteiger partial charge in [-0.25, -0.2) is 0 Å². The van der Waals surface area contributed by atoms with Crippen LogP contribution >= 0.6 is 27.7 Å². The predicted molar refractivity (Wildman–Crippen MR) is 118 cm³/mol. The van der Waals surface area contributed by atoms with Crippen molar-refractivity contribution in [1.29, 1.82) is 0 Å². The van der Waals surface area contributed by atoms with Gasteiger partial charge in [-0.2, -0.15) is 0 Å². The van der Waals surface area contributed by atoms with Crippen molar-refractivity contribution in [3.63, 3.8) is 0 Å². The van der Waals surface area contributed by atoms with E-state index in [9.17, 15) is 9.59 Å². The number of fused-ring (bicyclic) bond motifs is 3. The van der Waals surface area contributed by atoms with Gasteiger partial charge in [0.25, 0.3) is 5.91 Å². The molecule has 29 heavy (non-hydrogen) atoms. The number of rotatable bonds is 1. The van der Waals surface area contributed by atoms with Crippen LogP contribution in [-0.2, 0) is 5.75 Å². The summed E-state index contributed by atoms with van der Waals surface area (Å²) in [6.45, 7) is 2.06. The van der Waals surface area contributed by atoms with E-state index in [1.807, 2.05) is 16.4 Å². The average molecular weight is 468 g/mol. The van der Waals surface area contributed by atoms with Gasteiger partial charge >= 0.3 is 0 Å². The number of hydrogen-bond donors (Lipinski definition) is 1. The third kappa shape index (κ3) is 3.00. The van der Waals surface area contributed by atoms with Crippen molar-refractivity contribution in [3.8, 4) is 0 Å². The van der Waals surface area contributed by atoms with Gasteiger partial charge in [0, 0.05) is 32.9 Å². The highest BCUT2D eigenvalue weighted by atomic mass is 79.9. The summed E-state index contributed by atoms with van der Waals surface area (Å²) in [7, 11) is 0. The molecule has 2 aliphatic rings. The van der Waals surface area contributed by atoms with E-state index in [1.54, 1.807) is 13.1 Å². The molecule has 1 atom stereocenters. The van der Waals surface area contributed by atoms with Gasteiger partial charge in [0.2, 0.25) is 0 Å². The normalized spacial score (nSPS) is 17.7. The van der Waals surface area contributed by atoms with Gasteiger partial charge in [-0.1, -0.05) is 40.2 Å². The second kappa shape index (κ2) is 7.07. The number of amides is 1. The van der Waals surface area contributed by atoms with Crippen molar-refractivity contribution in [3.05, 3.63) is 97.4 Å². The fraction of sp³-hybridized carbons (Fsp3) is 0.182. The number of nitrogens with one attached hydrogen (secondary N) is 1. The number of halogens is 1. The minimum Gasteiger partial charge on any atom is -0.332 e. The fourth-order valence-corrected chi connectivity index (χ4v) is 5.58. The van der Waals surface area contributed by atoms with E-state index < -0.39 is 0 Å². The van der Waals surface area contributed by atoms with Gasteiger partial charge in [0.05, 0.1) is 6.04 Å². The molecule has 0 spiro atoms. The van der Waals surface area contributed by atoms with Crippen LogP contribution in [0.25, 0.3) is 0 Å². The number of carbonyl (C=O) groups excluding carboxylic acids is 1. The van der Waals surface area contributed by atoms with E-state index in [-0.39, 0.29) is 17.4 Å². The maximum atomic E-state index is 12.6. The van der Waals surface area contributed by atoms with Crippen molar-refractivity contribution < 1.29 is 4.79 Å². The Morgan fingerprint density at radius 2 is 1.93 bits per heavy atom. The molecule has 1 N–H and O–H groups in total. The standard InChI is InChI=1S/C22H18BrN3O2S/c1-13-18(27)8-9-25-20(13)22(28)24-12-26(25)21-16-7-6-15(23)10-14(16)11-29-19-5-3-2-4-17(19)21/h2-10,21H,11-12H2,1H3,(H,24,28). The Hall–Kier alpha value is -2.51. The highest BCUT2D eigenvalue weighted by Crippen LogP contribution is 2.42. The number of thioether (sulfide) groups is 1. The molecule has 0 fully saturated rings. The largest absolute Gasteiger partial charge is 0.332 e. The van der Waals surface area contributed by atoms with Crippen LogP contribution in [0.15, 0.2) is 68.9 Å². The van der Waals surface area contributed by atoms with Gasteiger partial charge in [-0.05, 0) is 41.8 Å². The molecule has 1 unspecified atom stereocenters. The number of pyridine rings is 1. The van der Waals surface area contributed by atoms with E-state index in [2.05, 4.69) is 68.7 Å². The van der Waals surface area contributed by atoms with Gasteiger partial charge in [0.15, 0.2) is 5.43 Å². The zero-order chi connectivity index (χ0) is 20.1. The van der Waals surface area contributed by atoms with Crippen LogP contribution in [0.4, 0.5) is 0 Å². The lowest BCUT2D eigenvalue weighted by molar-refractivity contribution is 0.0919. The van der Waals surface area contributed by atoms with Crippen LogP contribution in [-0.4, -0.2) is 17.3 Å². The highest BCUT2D eigenvalue weighted by molar-refractivity contribution is 9.10. The lowest BCUT2D eigenvalue weighted by atomic mass is 9.94. The van der Waals surface area contributed by atoms with Crippen molar-refractivity contribution in [1.82, 2.24) is 9.99 Å². The topological polar surface area (TPSA) is 54.3 Å². The number of hydrogen-bond acceptors (Lipinski definition) is 4. The average Bonchev–Trinajstić information content (AvgIpc) is 2.88. The Kier molecular flexibility index (Phi) is 4.52. The Morgan fingerprint density at radius 3 is 2.79 bits per heavy atom. The summed E-state index contributed by atoms with van der Waals surface area (Å²) in [4.78, 5) is 26.0. The van der Waals surface area contributed by atoms with Crippen molar-refractivity contribution >= 4 is 33.6 Å². The Balaban J connectivity index is 1.77. The first kappa shape index (κ1) is 18.5. The van der Waals surface area contributed by atoms with E-state index in [0.717, 1.165) is 10.2 Å². The fourth-order valence-electron chi connectivity index (χ4n) is 4.09. The molecule has 0 bridgehead atoms. The van der Waals surface area contributed by atoms with Crippen molar-refractivity contribution in [2.45, 2.75) is 23.6 Å². The third-order valence-electron chi connectivity index (χ3n) is 5.51. The molecule has 0 aliphatic carbocycles. The quantitative estimate of drug-likeness (QED) is 0.588. The molecular formula is C22H18BrN3O2S. The van der Waals surface area contributed by atoms with E-state index in [4.69, 9.17) is 0 Å². The second-order valence-electron chi connectivity index (χ2n) is 7.17. The smallest absolute Gasteiger partial charge is 0.271 e. The minimum absolute atomic E-state index is 0.0921. The molecule has 1 amide bonds. The zero-order valence-corrected chi connectivity index (χ0v) is 18.1. The van der Waals surface area contributed by atoms with Crippen LogP contribution in [0.3, 0.4) is 0 Å². The van der Waals surface area contributed by atoms with Crippen molar-refractivity contribution in [2.75, 3.05) is 11.7 Å². The molecule has 7 heteroatoms. The molecule has 3 heterocycles. The van der Waals surface area contributed by atoms with Crippen LogP contribution in [0.2, 0.25) is 0 Å². The first-order valence-corrected chi connectivity index (χ1v) is 11.1. The van der Waals surface area contributed by atoms with E-state index in [1.165, 1.54) is 27.7 Å². The molecule has 0 radical (unpaired) electrons. The Bertz CT molecular complexity index is 1210. The summed E-state index contributed by atoms with van der Waals surface area (Å²) < 4.78 is 2.90. The molecule has 146 valence electrons. The summed E-state index contributed by atoms with van der Waals surface area (Å²) in [5, 5.41) is 5.08. The molecule has 3 aromatic rings. The molecule has 2 aliphatic heterocycles. The molecule has 5 nitrogen and oxygen atoms in total. The van der Waals surface area contributed by atoms with Crippen LogP contribution in [0.5, 0.6) is 0 Å². The summed E-state index contributed by atoms with van der Waals surface area (Å²) >= 11 is 5.42. The molecule has 2 aromatic carbocycles. The number of nitrogens with zero attached hydrogens (tertiary/aromatic N) is 2. The van der Waals surface area contributed by atoms with Crippen LogP contribution < -0.4 is 15.8 Å². The summed E-state index contributed by atoms with van der Waals surface area (Å²) in [5.41, 5.74) is 4.37. The Morgan fingerprint density at radius 1 is 1.10 bits per heavy atom.